The van der Waals surface area contributed by atoms with Crippen LogP contribution >= 0.6 is 0 Å². The van der Waals surface area contributed by atoms with Crippen molar-refractivity contribution in [1.82, 2.24) is 10.0 Å². The lowest BCUT2D eigenvalue weighted by Crippen LogP contribution is -2.48. The van der Waals surface area contributed by atoms with E-state index in [-0.39, 0.29) is 6.42 Å². The van der Waals surface area contributed by atoms with Crippen LogP contribution in [-0.2, 0) is 19.5 Å². The molecule has 0 bridgehead atoms. The van der Waals surface area contributed by atoms with Gasteiger partial charge in [0.05, 0.1) is 10.8 Å². The van der Waals surface area contributed by atoms with Gasteiger partial charge in [0, 0.05) is 5.92 Å². The van der Waals surface area contributed by atoms with Gasteiger partial charge < -0.3 is 14.8 Å². The first kappa shape index (κ1) is 17.8. The number of halogens is 2. The third-order valence-corrected chi connectivity index (χ3v) is 6.25. The van der Waals surface area contributed by atoms with Crippen molar-refractivity contribution in [2.24, 2.45) is 5.92 Å². The number of hydrogen-bond acceptors (Lipinski definition) is 5. The van der Waals surface area contributed by atoms with E-state index in [9.17, 15) is 22.0 Å². The quantitative estimate of drug-likeness (QED) is 0.690. The minimum atomic E-state index is -3.49. The normalized spacial score (nSPS) is 35.7. The van der Waals surface area contributed by atoms with Crippen LogP contribution in [-0.4, -0.2) is 49.7 Å². The summed E-state index contributed by atoms with van der Waals surface area (Å²) in [5, 5.41) is 2.05. The van der Waals surface area contributed by atoms with E-state index in [0.717, 1.165) is 0 Å². The molecule has 2 aliphatic carbocycles. The van der Waals surface area contributed by atoms with Gasteiger partial charge in [-0.15, -0.1) is 0 Å². The first-order valence-electron chi connectivity index (χ1n) is 7.90. The van der Waals surface area contributed by atoms with Gasteiger partial charge in [-0.2, -0.15) is 4.72 Å². The van der Waals surface area contributed by atoms with Crippen LogP contribution in [0.5, 0.6) is 0 Å². The number of alkyl carbamates (subject to hydrolysis) is 1. The van der Waals surface area contributed by atoms with Gasteiger partial charge in [0.15, 0.2) is 0 Å². The fourth-order valence-corrected chi connectivity index (χ4v) is 4.34. The Morgan fingerprint density at radius 2 is 1.96 bits per heavy atom. The lowest BCUT2D eigenvalue weighted by Gasteiger charge is -2.23. The molecule has 7 nitrogen and oxygen atoms in total. The van der Waals surface area contributed by atoms with Crippen molar-refractivity contribution in [1.29, 1.82) is 0 Å². The van der Waals surface area contributed by atoms with Gasteiger partial charge >= 0.3 is 6.09 Å². The molecule has 2 N–H and O–H groups in total. The Balaban J connectivity index is 1.64. The summed E-state index contributed by atoms with van der Waals surface area (Å²) in [6, 6.07) is 0. The molecule has 0 aromatic carbocycles. The number of carbonyl (C=O) groups is 1. The molecule has 3 fully saturated rings. The number of hydrogen-bond donors (Lipinski definition) is 2. The number of carbonyl (C=O) groups excluding carboxylic acids is 1. The van der Waals surface area contributed by atoms with Crippen molar-refractivity contribution in [2.75, 3.05) is 0 Å². The fraction of sp³-hybridized carbons (Fsp3) is 0.929. The van der Waals surface area contributed by atoms with Crippen LogP contribution in [0.25, 0.3) is 0 Å². The van der Waals surface area contributed by atoms with Gasteiger partial charge in [0.2, 0.25) is 16.4 Å². The van der Waals surface area contributed by atoms with Crippen molar-refractivity contribution in [3.63, 3.8) is 0 Å². The maximum absolute atomic E-state index is 13.1. The topological polar surface area (TPSA) is 97.0 Å². The molecule has 2 saturated carbocycles. The predicted octanol–water partition coefficient (Wildman–Crippen LogP) is 1.34. The molecule has 1 heterocycles. The Labute approximate surface area is 139 Å². The van der Waals surface area contributed by atoms with Crippen LogP contribution < -0.4 is 10.0 Å². The highest BCUT2D eigenvalue weighted by Gasteiger charge is 2.72. The summed E-state index contributed by atoms with van der Waals surface area (Å²) in [6.07, 6.45) is -3.93. The van der Waals surface area contributed by atoms with Gasteiger partial charge in [-0.05, 0) is 40.0 Å². The van der Waals surface area contributed by atoms with Crippen molar-refractivity contribution < 1.29 is 31.5 Å². The average Bonchev–Trinajstić information content (AvgIpc) is 3.23. The smallest absolute Gasteiger partial charge is 0.408 e. The molecule has 1 unspecified atom stereocenters. The maximum Gasteiger partial charge on any atom is 0.408 e. The van der Waals surface area contributed by atoms with E-state index in [1.54, 1.807) is 20.8 Å². The number of sulfonamides is 1. The van der Waals surface area contributed by atoms with Crippen LogP contribution in [0.15, 0.2) is 0 Å². The van der Waals surface area contributed by atoms with Gasteiger partial charge in [-0.3, -0.25) is 0 Å². The minimum Gasteiger partial charge on any atom is -0.444 e. The minimum absolute atomic E-state index is 0.0240. The van der Waals surface area contributed by atoms with E-state index in [2.05, 4.69) is 10.0 Å². The van der Waals surface area contributed by atoms with E-state index in [0.29, 0.717) is 12.8 Å². The van der Waals surface area contributed by atoms with E-state index >= 15 is 0 Å². The largest absolute Gasteiger partial charge is 0.444 e. The van der Waals surface area contributed by atoms with E-state index in [1.807, 2.05) is 0 Å². The summed E-state index contributed by atoms with van der Waals surface area (Å²) in [6.45, 7) is 4.99. The van der Waals surface area contributed by atoms with E-state index in [4.69, 9.17) is 9.47 Å². The van der Waals surface area contributed by atoms with Gasteiger partial charge in [0.25, 0.3) is 0 Å². The van der Waals surface area contributed by atoms with Crippen molar-refractivity contribution >= 4 is 16.1 Å². The standard InChI is InChI=1S/C14H22F2N2O5S/c1-13(2,3)23-12(19)17-14(6-8(14)10(15)16)9-11(22-9)18-24(20,21)7-4-5-7/h7-11,18H,4-6H2,1-3H3,(H,17,19)/t8-,9?,11+,14+/m0/s1. The first-order chi connectivity index (χ1) is 10.9. The number of alkyl halides is 2. The second-order valence-electron chi connectivity index (χ2n) is 7.65. The Bertz CT molecular complexity index is 632. The van der Waals surface area contributed by atoms with E-state index in [1.165, 1.54) is 0 Å². The van der Waals surface area contributed by atoms with Crippen LogP contribution in [0, 0.1) is 5.92 Å². The third-order valence-electron chi connectivity index (χ3n) is 4.34. The van der Waals surface area contributed by atoms with Crippen LogP contribution in [0.1, 0.15) is 40.0 Å². The summed E-state index contributed by atoms with van der Waals surface area (Å²) < 4.78 is 62.8. The van der Waals surface area contributed by atoms with Crippen molar-refractivity contribution in [2.45, 2.75) is 75.2 Å². The van der Waals surface area contributed by atoms with Crippen LogP contribution in [0.3, 0.4) is 0 Å². The van der Waals surface area contributed by atoms with Crippen molar-refractivity contribution in [3.8, 4) is 0 Å². The second-order valence-corrected chi connectivity index (χ2v) is 9.64. The molecule has 10 heteroatoms. The van der Waals surface area contributed by atoms with E-state index < -0.39 is 57.2 Å². The molecule has 1 aliphatic heterocycles. The highest BCUT2D eigenvalue weighted by molar-refractivity contribution is 7.90. The zero-order valence-electron chi connectivity index (χ0n) is 13.7. The Kier molecular flexibility index (Phi) is 4.08. The number of amides is 1. The number of epoxide rings is 1. The summed E-state index contributed by atoms with van der Waals surface area (Å²) in [7, 11) is -3.49. The summed E-state index contributed by atoms with van der Waals surface area (Å²) >= 11 is 0. The molecule has 0 spiro atoms. The molecule has 138 valence electrons. The first-order valence-corrected chi connectivity index (χ1v) is 9.45. The molecular formula is C14H22F2N2O5S. The molecule has 0 aromatic rings. The molecule has 24 heavy (non-hydrogen) atoms. The lowest BCUT2D eigenvalue weighted by atomic mass is 10.1. The molecule has 4 atom stereocenters. The van der Waals surface area contributed by atoms with Crippen LogP contribution in [0.2, 0.25) is 0 Å². The second kappa shape index (κ2) is 5.50. The summed E-state index contributed by atoms with van der Waals surface area (Å²) in [5.41, 5.74) is -2.05. The SMILES string of the molecule is CC(C)(C)OC(=O)N[C@]1(C2O[C@H]2NS(=O)(=O)C2CC2)C[C@H]1C(F)F. The Hall–Kier alpha value is -1.00. The Morgan fingerprint density at radius 3 is 2.42 bits per heavy atom. The Morgan fingerprint density at radius 1 is 1.33 bits per heavy atom. The number of nitrogens with one attached hydrogen (secondary N) is 2. The molecule has 3 aliphatic rings. The van der Waals surface area contributed by atoms with Crippen LogP contribution in [0.4, 0.5) is 13.6 Å². The predicted molar refractivity (Wildman–Crippen MR) is 80.0 cm³/mol. The molecule has 0 aromatic heterocycles. The zero-order chi connectivity index (χ0) is 17.9. The number of rotatable bonds is 6. The summed E-state index contributed by atoms with van der Waals surface area (Å²) in [4.78, 5) is 12.0. The molecule has 3 rings (SSSR count). The highest BCUT2D eigenvalue weighted by Crippen LogP contribution is 2.56. The fourth-order valence-electron chi connectivity index (χ4n) is 2.88. The van der Waals surface area contributed by atoms with Gasteiger partial charge in [-0.1, -0.05) is 0 Å². The van der Waals surface area contributed by atoms with Gasteiger partial charge in [-0.25, -0.2) is 22.0 Å². The number of ether oxygens (including phenoxy) is 2. The van der Waals surface area contributed by atoms with Gasteiger partial charge in [0.1, 0.15) is 17.9 Å². The molecule has 0 radical (unpaired) electrons. The highest BCUT2D eigenvalue weighted by atomic mass is 32.2. The monoisotopic (exact) mass is 368 g/mol. The molecule has 1 saturated heterocycles. The summed E-state index contributed by atoms with van der Waals surface area (Å²) in [5.74, 6) is -1.08. The van der Waals surface area contributed by atoms with Crippen molar-refractivity contribution in [3.05, 3.63) is 0 Å². The lowest BCUT2D eigenvalue weighted by molar-refractivity contribution is 0.0446. The maximum atomic E-state index is 13.1. The third kappa shape index (κ3) is 3.65. The molecule has 1 amide bonds. The average molecular weight is 368 g/mol. The molecular weight excluding hydrogens is 346 g/mol. The zero-order valence-corrected chi connectivity index (χ0v) is 14.5.